The van der Waals surface area contributed by atoms with E-state index < -0.39 is 0 Å². The van der Waals surface area contributed by atoms with Crippen molar-refractivity contribution in [3.63, 3.8) is 0 Å². The van der Waals surface area contributed by atoms with E-state index in [1.807, 2.05) is 34.1 Å². The minimum absolute atomic E-state index is 0.0769. The zero-order chi connectivity index (χ0) is 18.1. The van der Waals surface area contributed by atoms with Crippen LogP contribution in [0.15, 0.2) is 41.8 Å². The van der Waals surface area contributed by atoms with Gasteiger partial charge in [-0.25, -0.2) is 0 Å². The molecule has 0 spiro atoms. The van der Waals surface area contributed by atoms with E-state index in [0.29, 0.717) is 43.5 Å². The monoisotopic (exact) mass is 388 g/mol. The van der Waals surface area contributed by atoms with Crippen molar-refractivity contribution in [2.24, 2.45) is 5.92 Å². The van der Waals surface area contributed by atoms with Crippen molar-refractivity contribution in [3.8, 4) is 0 Å². The fraction of sp³-hybridized carbons (Fsp3) is 0.400. The van der Waals surface area contributed by atoms with Crippen molar-refractivity contribution >= 4 is 34.8 Å². The van der Waals surface area contributed by atoms with Crippen LogP contribution in [0, 0.1) is 5.92 Å². The molecule has 1 aromatic carbocycles. The molecule has 1 aliphatic heterocycles. The van der Waals surface area contributed by atoms with E-state index in [1.165, 1.54) is 4.88 Å². The molecule has 0 bridgehead atoms. The number of halogens is 1. The number of carbonyl (C=O) groups is 2. The maximum atomic E-state index is 12.7. The summed E-state index contributed by atoms with van der Waals surface area (Å²) in [4.78, 5) is 30.3. The van der Waals surface area contributed by atoms with Crippen molar-refractivity contribution in [2.75, 3.05) is 26.2 Å². The van der Waals surface area contributed by atoms with Gasteiger partial charge >= 0.3 is 0 Å². The Balaban J connectivity index is 1.28. The molecular formula is C20H21ClN2O2S. The highest BCUT2D eigenvalue weighted by Gasteiger charge is 2.46. The SMILES string of the molecule is O=C(Cc1ccccc1Cl)N1CCN(C(=O)[C@@H]2C[C@@H]2c2cccs2)CC1. The van der Waals surface area contributed by atoms with Crippen LogP contribution in [0.2, 0.25) is 5.02 Å². The Morgan fingerprint density at radius 1 is 1.04 bits per heavy atom. The quantitative estimate of drug-likeness (QED) is 0.805. The lowest BCUT2D eigenvalue weighted by atomic mass is 10.1. The summed E-state index contributed by atoms with van der Waals surface area (Å²) >= 11 is 7.88. The Bertz CT molecular complexity index is 800. The summed E-state index contributed by atoms with van der Waals surface area (Å²) in [6.07, 6.45) is 1.28. The lowest BCUT2D eigenvalue weighted by Crippen LogP contribution is -2.51. The van der Waals surface area contributed by atoms with Crippen molar-refractivity contribution in [1.82, 2.24) is 9.80 Å². The molecule has 0 radical (unpaired) electrons. The van der Waals surface area contributed by atoms with Gasteiger partial charge in [0.05, 0.1) is 6.42 Å². The van der Waals surface area contributed by atoms with Gasteiger partial charge in [0.25, 0.3) is 0 Å². The number of thiophene rings is 1. The highest BCUT2D eigenvalue weighted by molar-refractivity contribution is 7.10. The average molecular weight is 389 g/mol. The maximum absolute atomic E-state index is 12.7. The van der Waals surface area contributed by atoms with E-state index >= 15 is 0 Å². The van der Waals surface area contributed by atoms with Crippen LogP contribution in [0.5, 0.6) is 0 Å². The molecule has 4 rings (SSSR count). The number of carbonyl (C=O) groups excluding carboxylic acids is 2. The largest absolute Gasteiger partial charge is 0.339 e. The minimum atomic E-state index is 0.0769. The average Bonchev–Trinajstić information content (AvgIpc) is 3.27. The number of amides is 2. The van der Waals surface area contributed by atoms with Crippen LogP contribution in [-0.4, -0.2) is 47.8 Å². The smallest absolute Gasteiger partial charge is 0.227 e. The molecule has 4 nitrogen and oxygen atoms in total. The Kier molecular flexibility index (Phi) is 5.00. The summed E-state index contributed by atoms with van der Waals surface area (Å²) < 4.78 is 0. The molecule has 1 aliphatic carbocycles. The van der Waals surface area contributed by atoms with Gasteiger partial charge < -0.3 is 9.80 Å². The first-order valence-corrected chi connectivity index (χ1v) is 10.2. The summed E-state index contributed by atoms with van der Waals surface area (Å²) in [6.45, 7) is 2.46. The van der Waals surface area contributed by atoms with Gasteiger partial charge in [0.1, 0.15) is 0 Å². The van der Waals surface area contributed by atoms with Crippen LogP contribution >= 0.6 is 22.9 Å². The number of rotatable bonds is 4. The summed E-state index contributed by atoms with van der Waals surface area (Å²) in [6, 6.07) is 11.6. The molecule has 2 aliphatic rings. The fourth-order valence-electron chi connectivity index (χ4n) is 3.61. The lowest BCUT2D eigenvalue weighted by molar-refractivity contribution is -0.140. The van der Waals surface area contributed by atoms with Gasteiger partial charge in [-0.15, -0.1) is 11.3 Å². The van der Waals surface area contributed by atoms with Crippen molar-refractivity contribution < 1.29 is 9.59 Å². The topological polar surface area (TPSA) is 40.6 Å². The van der Waals surface area contributed by atoms with Crippen molar-refractivity contribution in [2.45, 2.75) is 18.8 Å². The Morgan fingerprint density at radius 3 is 2.46 bits per heavy atom. The van der Waals surface area contributed by atoms with Crippen LogP contribution in [0.4, 0.5) is 0 Å². The predicted octanol–water partition coefficient (Wildman–Crippen LogP) is 3.42. The van der Waals surface area contributed by atoms with Gasteiger partial charge in [-0.3, -0.25) is 9.59 Å². The van der Waals surface area contributed by atoms with Gasteiger partial charge in [0.15, 0.2) is 0 Å². The summed E-state index contributed by atoms with van der Waals surface area (Å²) in [7, 11) is 0. The molecule has 1 saturated carbocycles. The standard InChI is InChI=1S/C20H21ClN2O2S/c21-17-5-2-1-4-14(17)12-19(24)22-7-9-23(10-8-22)20(25)16-13-15(16)18-6-3-11-26-18/h1-6,11,15-16H,7-10,12-13H2/t15-,16+/m0/s1. The van der Waals surface area contributed by atoms with Crippen LogP contribution in [0.3, 0.4) is 0 Å². The Hall–Kier alpha value is -1.85. The van der Waals surface area contributed by atoms with Crippen LogP contribution in [0.1, 0.15) is 22.8 Å². The lowest BCUT2D eigenvalue weighted by Gasteiger charge is -2.35. The molecule has 136 valence electrons. The first-order valence-electron chi connectivity index (χ1n) is 8.97. The van der Waals surface area contributed by atoms with E-state index in [1.54, 1.807) is 17.4 Å². The first kappa shape index (κ1) is 17.6. The van der Waals surface area contributed by atoms with Crippen molar-refractivity contribution in [3.05, 3.63) is 57.2 Å². The number of nitrogens with zero attached hydrogens (tertiary/aromatic N) is 2. The summed E-state index contributed by atoms with van der Waals surface area (Å²) in [5.74, 6) is 0.871. The molecule has 0 unspecified atom stereocenters. The number of hydrogen-bond acceptors (Lipinski definition) is 3. The minimum Gasteiger partial charge on any atom is -0.339 e. The third-order valence-corrected chi connectivity index (χ3v) is 6.63. The number of hydrogen-bond donors (Lipinski definition) is 0. The van der Waals surface area contributed by atoms with Gasteiger partial charge in [0.2, 0.25) is 11.8 Å². The van der Waals surface area contributed by atoms with Gasteiger partial charge in [-0.2, -0.15) is 0 Å². The predicted molar refractivity (Wildman–Crippen MR) is 103 cm³/mol. The molecule has 2 fully saturated rings. The molecule has 6 heteroatoms. The molecular weight excluding hydrogens is 368 g/mol. The molecule has 2 amide bonds. The summed E-state index contributed by atoms with van der Waals surface area (Å²) in [5.41, 5.74) is 0.856. The molecule has 2 atom stereocenters. The number of benzene rings is 1. The van der Waals surface area contributed by atoms with E-state index in [9.17, 15) is 9.59 Å². The maximum Gasteiger partial charge on any atom is 0.227 e. The molecule has 1 saturated heterocycles. The first-order chi connectivity index (χ1) is 12.6. The second kappa shape index (κ2) is 7.41. The molecule has 2 aromatic rings. The Morgan fingerprint density at radius 2 is 1.77 bits per heavy atom. The van der Waals surface area contributed by atoms with E-state index in [2.05, 4.69) is 11.4 Å². The van der Waals surface area contributed by atoms with Gasteiger partial charge in [-0.05, 0) is 29.5 Å². The van der Waals surface area contributed by atoms with Crippen LogP contribution in [-0.2, 0) is 16.0 Å². The second-order valence-electron chi connectivity index (χ2n) is 6.94. The molecule has 2 heterocycles. The third kappa shape index (κ3) is 3.64. The second-order valence-corrected chi connectivity index (χ2v) is 8.32. The van der Waals surface area contributed by atoms with Gasteiger partial charge in [0, 0.05) is 47.9 Å². The molecule has 0 N–H and O–H groups in total. The van der Waals surface area contributed by atoms with Crippen LogP contribution in [0.25, 0.3) is 0 Å². The van der Waals surface area contributed by atoms with E-state index in [0.717, 1.165) is 12.0 Å². The number of piperazine rings is 1. The molecule has 26 heavy (non-hydrogen) atoms. The highest BCUT2D eigenvalue weighted by atomic mass is 35.5. The van der Waals surface area contributed by atoms with E-state index in [-0.39, 0.29) is 17.7 Å². The Labute approximate surface area is 162 Å². The molecule has 1 aromatic heterocycles. The fourth-order valence-corrected chi connectivity index (χ4v) is 4.72. The summed E-state index contributed by atoms with van der Waals surface area (Å²) in [5, 5.41) is 2.70. The van der Waals surface area contributed by atoms with Gasteiger partial charge in [-0.1, -0.05) is 35.9 Å². The zero-order valence-electron chi connectivity index (χ0n) is 14.4. The van der Waals surface area contributed by atoms with Crippen molar-refractivity contribution in [1.29, 1.82) is 0 Å². The zero-order valence-corrected chi connectivity index (χ0v) is 16.0. The third-order valence-electron chi connectivity index (χ3n) is 5.26. The van der Waals surface area contributed by atoms with E-state index in [4.69, 9.17) is 11.6 Å². The normalized spacial score (nSPS) is 22.3. The highest BCUT2D eigenvalue weighted by Crippen LogP contribution is 2.50. The van der Waals surface area contributed by atoms with Crippen LogP contribution < -0.4 is 0 Å².